The summed E-state index contributed by atoms with van der Waals surface area (Å²) in [4.78, 5) is 11.7. The molecule has 4 N–H and O–H groups in total. The van der Waals surface area contributed by atoms with Crippen LogP contribution in [0, 0.1) is 5.92 Å². The molecule has 1 aliphatic carbocycles. The minimum atomic E-state index is -0.190. The van der Waals surface area contributed by atoms with E-state index < -0.39 is 0 Å². The van der Waals surface area contributed by atoms with Crippen molar-refractivity contribution in [1.82, 2.24) is 5.32 Å². The summed E-state index contributed by atoms with van der Waals surface area (Å²) in [6.07, 6.45) is 3.32. The molecule has 1 aromatic carbocycles. The van der Waals surface area contributed by atoms with E-state index in [1.165, 1.54) is 0 Å². The Morgan fingerprint density at radius 3 is 2.68 bits per heavy atom. The number of nitrogens with two attached hydrogens (primary N) is 1. The van der Waals surface area contributed by atoms with Gasteiger partial charge in [0.15, 0.2) is 0 Å². The number of urea groups is 1. The molecule has 2 unspecified atom stereocenters. The van der Waals surface area contributed by atoms with Crippen LogP contribution in [0.15, 0.2) is 24.3 Å². The van der Waals surface area contributed by atoms with E-state index in [1.54, 1.807) is 19.2 Å². The van der Waals surface area contributed by atoms with Crippen LogP contribution in [-0.4, -0.2) is 25.7 Å². The van der Waals surface area contributed by atoms with Crippen LogP contribution in [0.3, 0.4) is 0 Å². The SMILES string of the molecule is COc1ccc(NC(=O)NCC2CCCC2N)cc1. The number of methoxy groups -OCH3 is 1. The maximum absolute atomic E-state index is 11.7. The van der Waals surface area contributed by atoms with Crippen LogP contribution in [-0.2, 0) is 0 Å². The number of amides is 2. The molecule has 104 valence electrons. The average Bonchev–Trinajstić information content (AvgIpc) is 2.83. The number of carbonyl (C=O) groups excluding carboxylic acids is 1. The number of carbonyl (C=O) groups is 1. The minimum Gasteiger partial charge on any atom is -0.497 e. The zero-order valence-corrected chi connectivity index (χ0v) is 11.2. The van der Waals surface area contributed by atoms with E-state index in [0.717, 1.165) is 30.7 Å². The summed E-state index contributed by atoms with van der Waals surface area (Å²) >= 11 is 0. The summed E-state index contributed by atoms with van der Waals surface area (Å²) in [5.41, 5.74) is 6.71. The molecule has 2 atom stereocenters. The van der Waals surface area contributed by atoms with Crippen molar-refractivity contribution >= 4 is 11.7 Å². The van der Waals surface area contributed by atoms with E-state index in [4.69, 9.17) is 10.5 Å². The summed E-state index contributed by atoms with van der Waals surface area (Å²) in [6.45, 7) is 0.642. The highest BCUT2D eigenvalue weighted by molar-refractivity contribution is 5.89. The molecular weight excluding hydrogens is 242 g/mol. The van der Waals surface area contributed by atoms with Crippen molar-refractivity contribution in [1.29, 1.82) is 0 Å². The lowest BCUT2D eigenvalue weighted by Crippen LogP contribution is -2.37. The monoisotopic (exact) mass is 263 g/mol. The molecule has 0 aromatic heterocycles. The first-order valence-electron chi connectivity index (χ1n) is 6.63. The topological polar surface area (TPSA) is 76.4 Å². The van der Waals surface area contributed by atoms with E-state index in [-0.39, 0.29) is 12.1 Å². The number of nitrogens with one attached hydrogen (secondary N) is 2. The Kier molecular flexibility index (Phi) is 4.63. The Hall–Kier alpha value is -1.75. The van der Waals surface area contributed by atoms with Crippen molar-refractivity contribution in [2.75, 3.05) is 19.0 Å². The molecule has 1 fully saturated rings. The normalized spacial score (nSPS) is 22.0. The molecule has 0 bridgehead atoms. The van der Waals surface area contributed by atoms with Gasteiger partial charge in [-0.15, -0.1) is 0 Å². The molecule has 0 spiro atoms. The highest BCUT2D eigenvalue weighted by Crippen LogP contribution is 2.23. The number of benzene rings is 1. The fraction of sp³-hybridized carbons (Fsp3) is 0.500. The molecule has 5 nitrogen and oxygen atoms in total. The maximum Gasteiger partial charge on any atom is 0.319 e. The second kappa shape index (κ2) is 6.43. The zero-order valence-electron chi connectivity index (χ0n) is 11.2. The van der Waals surface area contributed by atoms with Gasteiger partial charge in [-0.1, -0.05) is 6.42 Å². The summed E-state index contributed by atoms with van der Waals surface area (Å²) in [7, 11) is 1.61. The van der Waals surface area contributed by atoms with Crippen LogP contribution in [0.2, 0.25) is 0 Å². The molecular formula is C14H21N3O2. The Bertz CT molecular complexity index is 419. The van der Waals surface area contributed by atoms with Gasteiger partial charge in [0.1, 0.15) is 5.75 Å². The molecule has 2 rings (SSSR count). The van der Waals surface area contributed by atoms with Gasteiger partial charge < -0.3 is 21.1 Å². The van der Waals surface area contributed by atoms with Crippen molar-refractivity contribution in [3.05, 3.63) is 24.3 Å². The minimum absolute atomic E-state index is 0.190. The fourth-order valence-electron chi connectivity index (χ4n) is 2.39. The predicted octanol–water partition coefficient (Wildman–Crippen LogP) is 1.94. The highest BCUT2D eigenvalue weighted by atomic mass is 16.5. The molecule has 2 amide bonds. The van der Waals surface area contributed by atoms with Gasteiger partial charge in [0, 0.05) is 18.3 Å². The van der Waals surface area contributed by atoms with Gasteiger partial charge in [-0.2, -0.15) is 0 Å². The van der Waals surface area contributed by atoms with Gasteiger partial charge in [0.25, 0.3) is 0 Å². The molecule has 1 aromatic rings. The molecule has 0 aliphatic heterocycles. The largest absolute Gasteiger partial charge is 0.497 e. The van der Waals surface area contributed by atoms with Crippen molar-refractivity contribution in [2.45, 2.75) is 25.3 Å². The molecule has 5 heteroatoms. The van der Waals surface area contributed by atoms with Crippen LogP contribution < -0.4 is 21.1 Å². The average molecular weight is 263 g/mol. The van der Waals surface area contributed by atoms with Crippen LogP contribution >= 0.6 is 0 Å². The van der Waals surface area contributed by atoms with Gasteiger partial charge >= 0.3 is 6.03 Å². The Balaban J connectivity index is 1.77. The van der Waals surface area contributed by atoms with Gasteiger partial charge in [-0.05, 0) is 43.0 Å². The fourth-order valence-corrected chi connectivity index (χ4v) is 2.39. The molecule has 0 heterocycles. The maximum atomic E-state index is 11.7. The Labute approximate surface area is 113 Å². The van der Waals surface area contributed by atoms with Crippen LogP contribution in [0.5, 0.6) is 5.75 Å². The lowest BCUT2D eigenvalue weighted by atomic mass is 10.1. The zero-order chi connectivity index (χ0) is 13.7. The molecule has 1 aliphatic rings. The second-order valence-electron chi connectivity index (χ2n) is 4.92. The summed E-state index contributed by atoms with van der Waals surface area (Å²) in [5.74, 6) is 1.17. The van der Waals surface area contributed by atoms with E-state index in [1.807, 2.05) is 12.1 Å². The van der Waals surface area contributed by atoms with Crippen LogP contribution in [0.25, 0.3) is 0 Å². The van der Waals surface area contributed by atoms with Crippen LogP contribution in [0.1, 0.15) is 19.3 Å². The molecule has 19 heavy (non-hydrogen) atoms. The quantitative estimate of drug-likeness (QED) is 0.777. The van der Waals surface area contributed by atoms with Crippen molar-refractivity contribution in [3.63, 3.8) is 0 Å². The predicted molar refractivity (Wildman–Crippen MR) is 75.3 cm³/mol. The lowest BCUT2D eigenvalue weighted by Gasteiger charge is -2.16. The van der Waals surface area contributed by atoms with Gasteiger partial charge in [0.2, 0.25) is 0 Å². The summed E-state index contributed by atoms with van der Waals surface area (Å²) in [6, 6.07) is 7.26. The van der Waals surface area contributed by atoms with Gasteiger partial charge in [-0.3, -0.25) is 0 Å². The van der Waals surface area contributed by atoms with E-state index in [9.17, 15) is 4.79 Å². The standard InChI is InChI=1S/C14H21N3O2/c1-19-12-7-5-11(6-8-12)17-14(18)16-9-10-3-2-4-13(10)15/h5-8,10,13H,2-4,9,15H2,1H3,(H2,16,17,18). The lowest BCUT2D eigenvalue weighted by molar-refractivity contribution is 0.249. The first-order chi connectivity index (χ1) is 9.19. The second-order valence-corrected chi connectivity index (χ2v) is 4.92. The number of hydrogen-bond acceptors (Lipinski definition) is 3. The number of ether oxygens (including phenoxy) is 1. The van der Waals surface area contributed by atoms with Crippen molar-refractivity contribution < 1.29 is 9.53 Å². The van der Waals surface area contributed by atoms with Gasteiger partial charge in [0.05, 0.1) is 7.11 Å². The molecule has 0 radical (unpaired) electrons. The van der Waals surface area contributed by atoms with Crippen molar-refractivity contribution in [2.24, 2.45) is 11.7 Å². The smallest absolute Gasteiger partial charge is 0.319 e. The van der Waals surface area contributed by atoms with E-state index >= 15 is 0 Å². The highest BCUT2D eigenvalue weighted by Gasteiger charge is 2.23. The summed E-state index contributed by atoms with van der Waals surface area (Å²) in [5, 5.41) is 5.66. The van der Waals surface area contributed by atoms with E-state index in [0.29, 0.717) is 12.5 Å². The number of hydrogen-bond donors (Lipinski definition) is 3. The summed E-state index contributed by atoms with van der Waals surface area (Å²) < 4.78 is 5.06. The van der Waals surface area contributed by atoms with Crippen LogP contribution in [0.4, 0.5) is 10.5 Å². The molecule has 0 saturated heterocycles. The molecule has 1 saturated carbocycles. The third kappa shape index (κ3) is 3.86. The Morgan fingerprint density at radius 1 is 1.37 bits per heavy atom. The third-order valence-corrected chi connectivity index (χ3v) is 3.59. The van der Waals surface area contributed by atoms with Crippen molar-refractivity contribution in [3.8, 4) is 5.75 Å². The number of anilines is 1. The van der Waals surface area contributed by atoms with Gasteiger partial charge in [-0.25, -0.2) is 4.79 Å². The first-order valence-corrected chi connectivity index (χ1v) is 6.63. The third-order valence-electron chi connectivity index (χ3n) is 3.59. The Morgan fingerprint density at radius 2 is 2.11 bits per heavy atom. The van der Waals surface area contributed by atoms with E-state index in [2.05, 4.69) is 10.6 Å². The number of rotatable bonds is 4. The first kappa shape index (κ1) is 13.7.